The van der Waals surface area contributed by atoms with Gasteiger partial charge in [-0.2, -0.15) is 0 Å². The summed E-state index contributed by atoms with van der Waals surface area (Å²) in [7, 11) is -3.69. The zero-order chi connectivity index (χ0) is 8.74. The second-order valence-corrected chi connectivity index (χ2v) is 2.74. The molecule has 0 heterocycles. The number of hydrogen-bond acceptors (Lipinski definition) is 5. The first-order valence-corrected chi connectivity index (χ1v) is 3.66. The minimum Gasteiger partial charge on any atom is -0.463 e. The SMILES string of the molecule is [3H]O[Si](COC=O)(O[3H])O[3H]. The predicted octanol–water partition coefficient (Wildman–Crippen LogP) is -2.39. The Labute approximate surface area is 51.0 Å². The van der Waals surface area contributed by atoms with Crippen LogP contribution in [0, 0.1) is 0 Å². The molecule has 0 fully saturated rings. The second kappa shape index (κ2) is 2.77. The molecule has 0 rings (SSSR count). The van der Waals surface area contributed by atoms with Gasteiger partial charge in [0.2, 0.25) is 0 Å². The summed E-state index contributed by atoms with van der Waals surface area (Å²) < 4.78 is 23.2. The smallest absolute Gasteiger partial charge is 0.463 e. The molecule has 3 N–H and O–H groups in total. The van der Waals surface area contributed by atoms with Crippen LogP contribution in [0.15, 0.2) is 0 Å². The minimum atomic E-state index is -3.69. The minimum absolute atomic E-state index is 0.0822. The average Bonchev–Trinajstić information content (AvgIpc) is 2.08. The van der Waals surface area contributed by atoms with Gasteiger partial charge < -0.3 is 19.1 Å². The third kappa shape index (κ3) is 5.57. The lowest BCUT2D eigenvalue weighted by Gasteiger charge is -2.05. The number of carbonyl (C=O) groups is 1. The van der Waals surface area contributed by atoms with E-state index >= 15 is 0 Å². The zero-order valence-electron chi connectivity index (χ0n) is 6.83. The van der Waals surface area contributed by atoms with Crippen molar-refractivity contribution in [1.29, 1.82) is 4.29 Å². The molecule has 0 aliphatic rings. The molecule has 0 radical (unpaired) electrons. The van der Waals surface area contributed by atoms with Crippen LogP contribution in [0.5, 0.6) is 0 Å². The number of carbonyl (C=O) groups excluding carboxylic acids is 1. The van der Waals surface area contributed by atoms with Gasteiger partial charge in [-0.3, -0.25) is 4.79 Å². The van der Waals surface area contributed by atoms with Gasteiger partial charge in [0.1, 0.15) is 0 Å². The van der Waals surface area contributed by atoms with E-state index in [4.69, 9.17) is 4.29 Å². The van der Waals surface area contributed by atoms with Crippen molar-refractivity contribution in [2.75, 3.05) is 6.23 Å². The summed E-state index contributed by atoms with van der Waals surface area (Å²) in [5, 5.41) is 0. The standard InChI is InChI=1S/C2H6O5Si/c3-1-7-2-8(4,5)6/h1,4-6H,2H2/i4T,5T,6T. The highest BCUT2D eigenvalue weighted by Gasteiger charge is 2.27. The van der Waals surface area contributed by atoms with Gasteiger partial charge in [0, 0.05) is 0 Å². The first-order chi connectivity index (χ1) is 5.24. The van der Waals surface area contributed by atoms with Crippen molar-refractivity contribution in [3.63, 3.8) is 0 Å². The Morgan fingerprint density at radius 3 is 2.75 bits per heavy atom. The van der Waals surface area contributed by atoms with E-state index in [-0.39, 0.29) is 6.47 Å². The number of hydrogen-bond donors (Lipinski definition) is 3. The van der Waals surface area contributed by atoms with Gasteiger partial charge in [0.25, 0.3) is 6.47 Å². The highest BCUT2D eigenvalue weighted by atomic mass is 28.4. The molecule has 0 atom stereocenters. The van der Waals surface area contributed by atoms with Gasteiger partial charge in [0.15, 0.2) is 10.5 Å². The summed E-state index contributed by atoms with van der Waals surface area (Å²) in [6, 6.07) is 0. The fourth-order valence-electron chi connectivity index (χ4n) is 0.136. The summed E-state index contributed by atoms with van der Waals surface area (Å²) in [4.78, 5) is 21.1. The molecule has 6 heteroatoms. The van der Waals surface area contributed by atoms with E-state index in [2.05, 4.69) is 19.1 Å². The highest BCUT2D eigenvalue weighted by Crippen LogP contribution is 1.82. The Kier molecular flexibility index (Phi) is 1.24. The first-order valence-electron chi connectivity index (χ1n) is 2.95. The van der Waals surface area contributed by atoms with E-state index in [0.29, 0.717) is 0 Å². The summed E-state index contributed by atoms with van der Waals surface area (Å²) >= 11 is 0. The van der Waals surface area contributed by atoms with E-state index in [1.54, 1.807) is 0 Å². The van der Waals surface area contributed by atoms with E-state index in [1.165, 1.54) is 0 Å². The Morgan fingerprint density at radius 2 is 2.38 bits per heavy atom. The lowest BCUT2D eigenvalue weighted by molar-refractivity contribution is -0.128. The van der Waals surface area contributed by atoms with Crippen molar-refractivity contribution < 1.29 is 23.9 Å². The molecule has 5 nitrogen and oxygen atoms in total. The van der Waals surface area contributed by atoms with Crippen molar-refractivity contribution in [1.82, 2.24) is 0 Å². The Balaban J connectivity index is 3.93. The summed E-state index contributed by atoms with van der Waals surface area (Å²) in [5.41, 5.74) is 0. The second-order valence-electron chi connectivity index (χ2n) is 1.09. The molecule has 0 amide bonds. The van der Waals surface area contributed by atoms with Gasteiger partial charge in [-0.05, 0) is 0 Å². The lowest BCUT2D eigenvalue weighted by atomic mass is 11.5. The lowest BCUT2D eigenvalue weighted by Crippen LogP contribution is -2.40. The van der Waals surface area contributed by atoms with Crippen molar-refractivity contribution in [3.05, 3.63) is 0 Å². The maximum absolute atomic E-state index is 9.65. The molecule has 0 aromatic carbocycles. The molecule has 8 heavy (non-hydrogen) atoms. The zero-order valence-corrected chi connectivity index (χ0v) is 4.83. The topological polar surface area (TPSA) is 87.0 Å². The van der Waals surface area contributed by atoms with Crippen LogP contribution < -0.4 is 0 Å². The average molecular weight is 144 g/mol. The molecular formula is C2H6O5Si. The highest BCUT2D eigenvalue weighted by molar-refractivity contribution is 6.56. The molecular weight excluding hydrogens is 132 g/mol. The molecule has 0 aromatic rings. The van der Waals surface area contributed by atoms with Crippen LogP contribution in [0.1, 0.15) is 0 Å². The molecule has 48 valence electrons. The molecule has 0 unspecified atom stereocenters. The predicted molar refractivity (Wildman–Crippen MR) is 24.4 cm³/mol. The Morgan fingerprint density at radius 1 is 1.75 bits per heavy atom. The normalized spacial score (nSPS) is 15.8. The molecule has 0 saturated heterocycles. The van der Waals surface area contributed by atoms with E-state index in [9.17, 15) is 4.79 Å². The van der Waals surface area contributed by atoms with Crippen molar-refractivity contribution in [2.45, 2.75) is 0 Å². The Hall–Kier alpha value is -0.433. The molecule has 0 aromatic heterocycles. The third-order valence-electron chi connectivity index (χ3n) is 0.328. The quantitative estimate of drug-likeness (QED) is 0.286. The van der Waals surface area contributed by atoms with Gasteiger partial charge in [-0.15, -0.1) is 0 Å². The van der Waals surface area contributed by atoms with Crippen LogP contribution in [0.2, 0.25) is 0 Å². The van der Waals surface area contributed by atoms with Gasteiger partial charge >= 0.3 is 8.80 Å². The maximum atomic E-state index is 9.65. The van der Waals surface area contributed by atoms with Crippen molar-refractivity contribution in [3.8, 4) is 0 Å². The van der Waals surface area contributed by atoms with Gasteiger partial charge in [0.05, 0.1) is 0 Å². The fourth-order valence-corrected chi connectivity index (χ4v) is 0.408. The van der Waals surface area contributed by atoms with Crippen LogP contribution in [-0.4, -0.2) is 40.2 Å². The van der Waals surface area contributed by atoms with Crippen molar-refractivity contribution >= 4 is 15.3 Å². The van der Waals surface area contributed by atoms with Crippen LogP contribution in [0.3, 0.4) is 0 Å². The molecule has 0 saturated carbocycles. The van der Waals surface area contributed by atoms with Gasteiger partial charge in [-0.1, -0.05) is 0 Å². The largest absolute Gasteiger partial charge is 0.532 e. The van der Waals surface area contributed by atoms with Crippen LogP contribution in [-0.2, 0) is 9.53 Å². The van der Waals surface area contributed by atoms with Crippen LogP contribution in [0.25, 0.3) is 0 Å². The monoisotopic (exact) mass is 144 g/mol. The molecule has 0 aliphatic carbocycles. The number of ether oxygens (including phenoxy) is 1. The van der Waals surface area contributed by atoms with E-state index < -0.39 is 15.0 Å². The summed E-state index contributed by atoms with van der Waals surface area (Å²) in [6.45, 7) is 0.0822. The van der Waals surface area contributed by atoms with Gasteiger partial charge in [-0.25, -0.2) is 0 Å². The molecule has 0 spiro atoms. The molecule has 0 bridgehead atoms. The first kappa shape index (κ1) is 3.57. The number of rotatable bonds is 6. The molecule has 0 aliphatic heterocycles. The van der Waals surface area contributed by atoms with Crippen LogP contribution >= 0.6 is 0 Å². The fraction of sp³-hybridized carbons (Fsp3) is 0.500. The van der Waals surface area contributed by atoms with E-state index in [1.807, 2.05) is 0 Å². The maximum Gasteiger partial charge on any atom is 0.532 e. The van der Waals surface area contributed by atoms with Crippen LogP contribution in [0.4, 0.5) is 0 Å². The summed E-state index contributed by atoms with van der Waals surface area (Å²) in [5.74, 6) is 0. The summed E-state index contributed by atoms with van der Waals surface area (Å²) in [6.07, 6.45) is -0.521. The third-order valence-corrected chi connectivity index (χ3v) is 0.848. The van der Waals surface area contributed by atoms with E-state index in [0.717, 1.165) is 0 Å². The van der Waals surface area contributed by atoms with Crippen molar-refractivity contribution in [2.24, 2.45) is 0 Å². The Bertz CT molecular complexity index is 110.